The van der Waals surface area contributed by atoms with Gasteiger partial charge in [-0.05, 0) is 76.6 Å². The lowest BCUT2D eigenvalue weighted by Gasteiger charge is -2.54. The lowest BCUT2D eigenvalue weighted by molar-refractivity contribution is -0.714. The first-order chi connectivity index (χ1) is 20.8. The summed E-state index contributed by atoms with van der Waals surface area (Å²) in [4.78, 5) is 0. The molecule has 5 rings (SSSR count). The zero-order valence-electron chi connectivity index (χ0n) is 28.3. The molecule has 0 fully saturated rings. The van der Waals surface area contributed by atoms with Gasteiger partial charge in [0.25, 0.3) is 0 Å². The second-order valence-corrected chi connectivity index (χ2v) is 18.8. The van der Waals surface area contributed by atoms with E-state index < -0.39 is 17.0 Å². The molecule has 0 unspecified atom stereocenters. The average molecular weight is 620 g/mol. The highest BCUT2D eigenvalue weighted by Gasteiger charge is 2.39. The molecular formula is C39H50N3PSi. The van der Waals surface area contributed by atoms with Gasteiger partial charge >= 0.3 is 0 Å². The molecule has 44 heavy (non-hydrogen) atoms. The topological polar surface area (TPSA) is 12.1 Å². The van der Waals surface area contributed by atoms with E-state index in [4.69, 9.17) is 0 Å². The van der Waals surface area contributed by atoms with Crippen LogP contribution in [0.2, 0.25) is 0 Å². The van der Waals surface area contributed by atoms with Gasteiger partial charge in [0.15, 0.2) is 0 Å². The minimum absolute atomic E-state index is 0.0847. The highest BCUT2D eigenvalue weighted by atomic mass is 31.1. The van der Waals surface area contributed by atoms with Crippen molar-refractivity contribution >= 4 is 33.3 Å². The molecule has 0 aliphatic rings. The van der Waals surface area contributed by atoms with Crippen molar-refractivity contribution in [3.63, 3.8) is 0 Å². The third-order valence-corrected chi connectivity index (χ3v) is 14.6. The Morgan fingerprint density at radius 2 is 1.05 bits per heavy atom. The van der Waals surface area contributed by atoms with Crippen LogP contribution >= 0.6 is 8.07 Å². The molecular weight excluding hydrogens is 570 g/mol. The SMILES string of the molecule is CC(C)c1cccc(C(C)C)c1N([si-]1n(C(C)(C)C)c(-c2ccccc2)[n+]1C(C)(C)C)P(c1ccccc1)c1ccccc1. The Morgan fingerprint density at radius 1 is 0.614 bits per heavy atom. The van der Waals surface area contributed by atoms with Gasteiger partial charge in [-0.1, -0.05) is 125 Å². The van der Waals surface area contributed by atoms with Crippen LogP contribution in [0.25, 0.3) is 11.4 Å². The molecule has 5 aromatic rings. The third kappa shape index (κ3) is 6.17. The van der Waals surface area contributed by atoms with E-state index in [-0.39, 0.29) is 11.1 Å². The van der Waals surface area contributed by atoms with E-state index in [9.17, 15) is 0 Å². The molecule has 0 amide bonds. The van der Waals surface area contributed by atoms with E-state index >= 15 is 0 Å². The average Bonchev–Trinajstić information content (AvgIpc) is 2.95. The molecule has 4 aromatic carbocycles. The van der Waals surface area contributed by atoms with Gasteiger partial charge in [0, 0.05) is 27.3 Å². The fourth-order valence-corrected chi connectivity index (χ4v) is 13.2. The lowest BCUT2D eigenvalue weighted by atomic mass is 9.93. The van der Waals surface area contributed by atoms with Gasteiger partial charge in [-0.25, -0.2) is 0 Å². The summed E-state index contributed by atoms with van der Waals surface area (Å²) in [6.45, 7) is 23.8. The second kappa shape index (κ2) is 12.7. The number of rotatable bonds is 8. The second-order valence-electron chi connectivity index (χ2n) is 14.4. The minimum Gasteiger partial charge on any atom is -0.418 e. The molecule has 0 N–H and O–H groups in total. The number of anilines is 1. The number of nitrogens with zero attached hydrogens (tertiary/aromatic N) is 3. The van der Waals surface area contributed by atoms with Crippen molar-refractivity contribution in [2.45, 2.75) is 92.2 Å². The third-order valence-electron chi connectivity index (χ3n) is 8.14. The van der Waals surface area contributed by atoms with E-state index in [1.165, 1.54) is 38.8 Å². The predicted octanol–water partition coefficient (Wildman–Crippen LogP) is 9.26. The first-order valence-electron chi connectivity index (χ1n) is 16.0. The van der Waals surface area contributed by atoms with Gasteiger partial charge in [-0.2, -0.15) is 0 Å². The summed E-state index contributed by atoms with van der Waals surface area (Å²) < 4.78 is 8.53. The van der Waals surface area contributed by atoms with Crippen LogP contribution in [-0.2, 0) is 11.1 Å². The number of hydrogen-bond acceptors (Lipinski definition) is 1. The van der Waals surface area contributed by atoms with Crippen LogP contribution in [0.5, 0.6) is 0 Å². The summed E-state index contributed by atoms with van der Waals surface area (Å²) in [5, 5.41) is 2.77. The predicted molar refractivity (Wildman–Crippen MR) is 193 cm³/mol. The Labute approximate surface area is 269 Å². The minimum atomic E-state index is -1.54. The molecule has 1 aromatic heterocycles. The normalized spacial score (nSPS) is 12.5. The van der Waals surface area contributed by atoms with Crippen LogP contribution in [0.4, 0.5) is 5.69 Å². The molecule has 0 aliphatic heterocycles. The largest absolute Gasteiger partial charge is 0.418 e. The van der Waals surface area contributed by atoms with E-state index in [2.05, 4.69) is 191 Å². The maximum atomic E-state index is 2.94. The lowest BCUT2D eigenvalue weighted by Crippen LogP contribution is -2.75. The van der Waals surface area contributed by atoms with Gasteiger partial charge < -0.3 is 12.8 Å². The Hall–Kier alpha value is -3.20. The zero-order valence-corrected chi connectivity index (χ0v) is 30.2. The van der Waals surface area contributed by atoms with E-state index in [0.29, 0.717) is 11.8 Å². The van der Waals surface area contributed by atoms with Gasteiger partial charge in [0.05, 0.1) is 13.8 Å². The summed E-state index contributed by atoms with van der Waals surface area (Å²) in [7, 11) is -2.46. The number of benzene rings is 4. The van der Waals surface area contributed by atoms with Crippen molar-refractivity contribution in [1.82, 2.24) is 4.22 Å². The van der Waals surface area contributed by atoms with Gasteiger partial charge in [0.2, 0.25) is 8.90 Å². The van der Waals surface area contributed by atoms with E-state index in [1.807, 2.05) is 0 Å². The molecule has 0 atom stereocenters. The molecule has 0 radical (unpaired) electrons. The molecule has 5 heteroatoms. The fourth-order valence-electron chi connectivity index (χ4n) is 6.18. The van der Waals surface area contributed by atoms with Gasteiger partial charge in [-0.15, -0.1) is 0 Å². The van der Waals surface area contributed by atoms with Crippen LogP contribution in [-0.4, -0.2) is 13.1 Å². The fraction of sp³-hybridized carbons (Fsp3) is 0.359. The Balaban J connectivity index is 2.01. The van der Waals surface area contributed by atoms with Gasteiger partial charge in [-0.3, -0.25) is 0 Å². The number of para-hydroxylation sites is 1. The maximum absolute atomic E-state index is 2.94. The van der Waals surface area contributed by atoms with Crippen LogP contribution in [0.15, 0.2) is 109 Å². The zero-order chi connectivity index (χ0) is 31.8. The van der Waals surface area contributed by atoms with Crippen molar-refractivity contribution in [2.75, 3.05) is 4.34 Å². The molecule has 0 spiro atoms. The summed E-state index contributed by atoms with van der Waals surface area (Å²) in [5.41, 5.74) is 5.42. The van der Waals surface area contributed by atoms with Crippen LogP contribution in [0.1, 0.15) is 92.2 Å². The molecule has 0 aliphatic carbocycles. The number of aromatic nitrogens is 2. The van der Waals surface area contributed by atoms with E-state index in [0.717, 1.165) is 0 Å². The molecule has 230 valence electrons. The summed E-state index contributed by atoms with van der Waals surface area (Å²) in [5.74, 6) is 2.12. The maximum Gasteiger partial charge on any atom is 0.229 e. The summed E-state index contributed by atoms with van der Waals surface area (Å²) in [6.07, 6.45) is 0. The quantitative estimate of drug-likeness (QED) is 0.125. The monoisotopic (exact) mass is 619 g/mol. The molecule has 3 nitrogen and oxygen atoms in total. The smallest absolute Gasteiger partial charge is 0.229 e. The molecule has 1 heterocycles. The van der Waals surface area contributed by atoms with Crippen LogP contribution in [0.3, 0.4) is 0 Å². The van der Waals surface area contributed by atoms with Crippen LogP contribution < -0.4 is 19.2 Å². The first kappa shape index (κ1) is 32.2. The van der Waals surface area contributed by atoms with Gasteiger partial charge in [0.1, 0.15) is 5.82 Å². The Kier molecular flexibility index (Phi) is 9.26. The Bertz CT molecular complexity index is 1570. The number of hydrogen-bond donors (Lipinski definition) is 0. The first-order valence-corrected chi connectivity index (χ1v) is 18.7. The van der Waals surface area contributed by atoms with Crippen molar-refractivity contribution in [3.8, 4) is 11.4 Å². The molecule has 0 bridgehead atoms. The van der Waals surface area contributed by atoms with Crippen molar-refractivity contribution in [3.05, 3.63) is 120 Å². The van der Waals surface area contributed by atoms with Crippen LogP contribution in [0, 0.1) is 0 Å². The van der Waals surface area contributed by atoms with Crippen molar-refractivity contribution < 1.29 is 4.22 Å². The molecule has 0 saturated carbocycles. The summed E-state index contributed by atoms with van der Waals surface area (Å²) in [6, 6.07) is 40.7. The van der Waals surface area contributed by atoms with Crippen molar-refractivity contribution in [1.29, 1.82) is 0 Å². The highest BCUT2D eigenvalue weighted by Crippen LogP contribution is 2.49. The standard InChI is InChI=1S/C39H50N3PSi/c1-29(2)34-27-20-28-35(30(3)4)36(34)42(43(32-23-16-12-17-24-32)33-25-18-13-19-26-33)44-40(38(5,6)7)37(41(44)39(8,9)10)31-21-14-11-15-22-31/h11-30H,1-10H3. The van der Waals surface area contributed by atoms with Crippen molar-refractivity contribution in [2.24, 2.45) is 0 Å². The highest BCUT2D eigenvalue weighted by molar-refractivity contribution is 7.76. The van der Waals surface area contributed by atoms with E-state index in [1.54, 1.807) is 0 Å². The Morgan fingerprint density at radius 3 is 1.43 bits per heavy atom. The summed E-state index contributed by atoms with van der Waals surface area (Å²) >= 11 is 0. The molecule has 0 saturated heterocycles.